The van der Waals surface area contributed by atoms with Gasteiger partial charge in [-0.15, -0.1) is 0 Å². The lowest BCUT2D eigenvalue weighted by atomic mass is 9.84. The summed E-state index contributed by atoms with van der Waals surface area (Å²) in [7, 11) is 0. The van der Waals surface area contributed by atoms with Gasteiger partial charge in [-0.2, -0.15) is 13.2 Å². The maximum absolute atomic E-state index is 14.0. The highest BCUT2D eigenvalue weighted by Crippen LogP contribution is 2.38. The number of benzene rings is 1. The lowest BCUT2D eigenvalue weighted by molar-refractivity contribution is -0.298. The Morgan fingerprint density at radius 1 is 1.19 bits per heavy atom. The minimum atomic E-state index is -5.23. The van der Waals surface area contributed by atoms with Crippen molar-refractivity contribution in [3.8, 4) is 0 Å². The van der Waals surface area contributed by atoms with E-state index in [0.29, 0.717) is 6.42 Å². The molecule has 1 aromatic rings. The third-order valence-corrected chi connectivity index (χ3v) is 4.45. The number of carbonyl (C=O) groups excluding carboxylic acids is 2. The number of alkyl halides is 3. The van der Waals surface area contributed by atoms with E-state index in [-0.39, 0.29) is 25.4 Å². The van der Waals surface area contributed by atoms with Crippen molar-refractivity contribution in [1.29, 1.82) is 0 Å². The van der Waals surface area contributed by atoms with Crippen LogP contribution < -0.4 is 5.32 Å². The van der Waals surface area contributed by atoms with Crippen molar-refractivity contribution < 1.29 is 37.0 Å². The van der Waals surface area contributed by atoms with Crippen molar-refractivity contribution in [3.63, 3.8) is 0 Å². The predicted octanol–water partition coefficient (Wildman–Crippen LogP) is 2.68. The minimum absolute atomic E-state index is 0.0452. The van der Waals surface area contributed by atoms with Gasteiger partial charge in [0.05, 0.1) is 26.4 Å². The van der Waals surface area contributed by atoms with E-state index in [0.717, 1.165) is 0 Å². The number of esters is 1. The summed E-state index contributed by atoms with van der Waals surface area (Å²) in [5.41, 5.74) is -4.29. The zero-order valence-corrected chi connectivity index (χ0v) is 15.1. The summed E-state index contributed by atoms with van der Waals surface area (Å²) in [6.45, 7) is 2.86. The monoisotopic (exact) mass is 389 g/mol. The standard InChI is InChI=1S/C18H22F3NO5/c1-3-16(10-25-11-16)12-27-17(18(19,20)21,15(24)26-4-2)22-14(23)13-8-6-5-7-9-13/h5-9H,3-4,10-12H2,1-2H3,(H,22,23). The van der Waals surface area contributed by atoms with E-state index >= 15 is 0 Å². The van der Waals surface area contributed by atoms with Gasteiger partial charge in [0.25, 0.3) is 5.91 Å². The summed E-state index contributed by atoms with van der Waals surface area (Å²) in [5, 5.41) is 1.71. The third-order valence-electron chi connectivity index (χ3n) is 4.45. The van der Waals surface area contributed by atoms with Crippen LogP contribution in [-0.2, 0) is 19.0 Å². The average Bonchev–Trinajstić information content (AvgIpc) is 2.59. The SMILES string of the molecule is CCOC(=O)C(NC(=O)c1ccccc1)(OCC1(CC)COC1)C(F)(F)F. The fourth-order valence-electron chi connectivity index (χ4n) is 2.51. The first-order valence-electron chi connectivity index (χ1n) is 8.53. The van der Waals surface area contributed by atoms with Crippen LogP contribution in [0.25, 0.3) is 0 Å². The number of ether oxygens (including phenoxy) is 3. The quantitative estimate of drug-likeness (QED) is 0.547. The molecule has 0 saturated carbocycles. The van der Waals surface area contributed by atoms with Gasteiger partial charge in [-0.1, -0.05) is 25.1 Å². The van der Waals surface area contributed by atoms with Gasteiger partial charge in [0, 0.05) is 11.0 Å². The Morgan fingerprint density at radius 2 is 1.81 bits per heavy atom. The highest BCUT2D eigenvalue weighted by Gasteiger charge is 2.65. The van der Waals surface area contributed by atoms with Gasteiger partial charge in [-0.3, -0.25) is 4.79 Å². The molecule has 1 aromatic carbocycles. The van der Waals surface area contributed by atoms with E-state index in [9.17, 15) is 22.8 Å². The molecule has 0 radical (unpaired) electrons. The number of halogens is 3. The molecule has 1 aliphatic heterocycles. The smallest absolute Gasteiger partial charge is 0.448 e. The molecule has 2 rings (SSSR count). The largest absolute Gasteiger partial charge is 0.462 e. The maximum Gasteiger partial charge on any atom is 0.448 e. The van der Waals surface area contributed by atoms with E-state index in [1.807, 2.05) is 0 Å². The molecule has 1 N–H and O–H groups in total. The molecule has 1 fully saturated rings. The second-order valence-corrected chi connectivity index (χ2v) is 6.35. The van der Waals surface area contributed by atoms with Crippen LogP contribution in [-0.4, -0.2) is 50.2 Å². The summed E-state index contributed by atoms with van der Waals surface area (Å²) in [5.74, 6) is -2.82. The van der Waals surface area contributed by atoms with Crippen molar-refractivity contribution in [2.24, 2.45) is 5.41 Å². The van der Waals surface area contributed by atoms with Crippen LogP contribution in [0.15, 0.2) is 30.3 Å². The summed E-state index contributed by atoms with van der Waals surface area (Å²) in [6, 6.07) is 7.25. The molecule has 1 unspecified atom stereocenters. The molecule has 9 heteroatoms. The van der Waals surface area contributed by atoms with E-state index in [4.69, 9.17) is 9.47 Å². The fraction of sp³-hybridized carbons (Fsp3) is 0.556. The second kappa shape index (κ2) is 8.26. The topological polar surface area (TPSA) is 73.9 Å². The van der Waals surface area contributed by atoms with Gasteiger partial charge in [-0.25, -0.2) is 4.79 Å². The van der Waals surface area contributed by atoms with E-state index in [2.05, 4.69) is 4.74 Å². The normalized spacial score (nSPS) is 18.1. The van der Waals surface area contributed by atoms with Gasteiger partial charge in [-0.05, 0) is 25.5 Å². The van der Waals surface area contributed by atoms with E-state index in [1.54, 1.807) is 18.3 Å². The Kier molecular flexibility index (Phi) is 6.48. The summed E-state index contributed by atoms with van der Waals surface area (Å²) < 4.78 is 56.6. The zero-order chi connectivity index (χ0) is 20.1. The number of carbonyl (C=O) groups is 2. The Balaban J connectivity index is 2.35. The minimum Gasteiger partial charge on any atom is -0.462 e. The van der Waals surface area contributed by atoms with Crippen molar-refractivity contribution in [3.05, 3.63) is 35.9 Å². The third kappa shape index (κ3) is 4.41. The number of rotatable bonds is 8. The Hall–Kier alpha value is -2.13. The number of amides is 1. The lowest BCUT2D eigenvalue weighted by Crippen LogP contribution is -2.67. The average molecular weight is 389 g/mol. The van der Waals surface area contributed by atoms with Crippen LogP contribution in [0.1, 0.15) is 30.6 Å². The first-order chi connectivity index (χ1) is 12.7. The highest BCUT2D eigenvalue weighted by molar-refractivity contribution is 5.98. The molecule has 0 spiro atoms. The van der Waals surface area contributed by atoms with Gasteiger partial charge in [0.2, 0.25) is 0 Å². The summed E-state index contributed by atoms with van der Waals surface area (Å²) in [6.07, 6.45) is -4.74. The van der Waals surface area contributed by atoms with Crippen LogP contribution >= 0.6 is 0 Å². The fourth-order valence-corrected chi connectivity index (χ4v) is 2.51. The molecular weight excluding hydrogens is 367 g/mol. The van der Waals surface area contributed by atoms with Crippen LogP contribution in [0.5, 0.6) is 0 Å². The van der Waals surface area contributed by atoms with Crippen LogP contribution in [0.3, 0.4) is 0 Å². The van der Waals surface area contributed by atoms with E-state index in [1.165, 1.54) is 31.2 Å². The molecule has 150 valence electrons. The van der Waals surface area contributed by atoms with Crippen LogP contribution in [0, 0.1) is 5.41 Å². The molecule has 0 aliphatic carbocycles. The second-order valence-electron chi connectivity index (χ2n) is 6.35. The number of nitrogens with one attached hydrogen (secondary N) is 1. The number of hydrogen-bond donors (Lipinski definition) is 1. The molecule has 6 nitrogen and oxygen atoms in total. The molecule has 1 amide bonds. The lowest BCUT2D eigenvalue weighted by Gasteiger charge is -2.43. The van der Waals surface area contributed by atoms with Crippen LogP contribution in [0.2, 0.25) is 0 Å². The molecule has 1 heterocycles. The Bertz CT molecular complexity index is 655. The van der Waals surface area contributed by atoms with Gasteiger partial charge in [0.15, 0.2) is 0 Å². The summed E-state index contributed by atoms with van der Waals surface area (Å²) in [4.78, 5) is 24.6. The van der Waals surface area contributed by atoms with Crippen molar-refractivity contribution in [2.45, 2.75) is 32.2 Å². The van der Waals surface area contributed by atoms with Gasteiger partial charge >= 0.3 is 17.9 Å². The molecule has 1 atom stereocenters. The van der Waals surface area contributed by atoms with Crippen molar-refractivity contribution >= 4 is 11.9 Å². The highest BCUT2D eigenvalue weighted by atomic mass is 19.4. The molecule has 27 heavy (non-hydrogen) atoms. The Morgan fingerprint density at radius 3 is 2.26 bits per heavy atom. The van der Waals surface area contributed by atoms with Crippen LogP contribution in [0.4, 0.5) is 13.2 Å². The molecular formula is C18H22F3NO5. The van der Waals surface area contributed by atoms with Gasteiger partial charge < -0.3 is 19.5 Å². The van der Waals surface area contributed by atoms with Crippen molar-refractivity contribution in [1.82, 2.24) is 5.32 Å². The molecule has 1 saturated heterocycles. The molecule has 0 bridgehead atoms. The summed E-state index contributed by atoms with van der Waals surface area (Å²) >= 11 is 0. The Labute approximate surface area is 155 Å². The van der Waals surface area contributed by atoms with E-state index < -0.39 is 35.8 Å². The zero-order valence-electron chi connectivity index (χ0n) is 15.1. The van der Waals surface area contributed by atoms with Gasteiger partial charge in [0.1, 0.15) is 0 Å². The molecule has 1 aliphatic rings. The van der Waals surface area contributed by atoms with Crippen molar-refractivity contribution in [2.75, 3.05) is 26.4 Å². The first kappa shape index (κ1) is 21.2. The maximum atomic E-state index is 14.0. The predicted molar refractivity (Wildman–Crippen MR) is 88.8 cm³/mol. The first-order valence-corrected chi connectivity index (χ1v) is 8.53. The molecule has 0 aromatic heterocycles. The number of hydrogen-bond acceptors (Lipinski definition) is 5.